The predicted octanol–water partition coefficient (Wildman–Crippen LogP) is 5.05. The minimum Gasteiger partial charge on any atom is -0.507 e. The van der Waals surface area contributed by atoms with Gasteiger partial charge < -0.3 is 19.3 Å². The average Bonchev–Trinajstić information content (AvgIpc) is 3.44. The van der Waals surface area contributed by atoms with Crippen molar-refractivity contribution in [3.63, 3.8) is 0 Å². The van der Waals surface area contributed by atoms with Crippen molar-refractivity contribution in [1.82, 2.24) is 4.98 Å². The lowest BCUT2D eigenvalue weighted by Gasteiger charge is -2.24. The Balaban J connectivity index is 1.96. The molecule has 1 aromatic heterocycles. The smallest absolute Gasteiger partial charge is 0.350 e. The van der Waals surface area contributed by atoms with Crippen LogP contribution in [0.2, 0.25) is 0 Å². The largest absolute Gasteiger partial charge is 0.507 e. The van der Waals surface area contributed by atoms with E-state index in [4.69, 9.17) is 14.2 Å². The Morgan fingerprint density at radius 2 is 1.82 bits per heavy atom. The summed E-state index contributed by atoms with van der Waals surface area (Å²) in [7, 11) is 2.97. The minimum atomic E-state index is -1.06. The number of hydrogen-bond acceptors (Lipinski definition) is 9. The second kappa shape index (κ2) is 11.1. The highest BCUT2D eigenvalue weighted by atomic mass is 32.1. The Labute approximate surface area is 230 Å². The molecule has 1 aliphatic heterocycles. The zero-order valence-corrected chi connectivity index (χ0v) is 23.0. The Morgan fingerprint density at radius 1 is 1.10 bits per heavy atom. The first-order valence-corrected chi connectivity index (χ1v) is 12.8. The van der Waals surface area contributed by atoms with E-state index in [0.29, 0.717) is 28.3 Å². The molecule has 0 bridgehead atoms. The summed E-state index contributed by atoms with van der Waals surface area (Å²) in [6.45, 7) is 8.84. The number of nitrogens with zero attached hydrogens (tertiary/aromatic N) is 2. The molecular weight excluding hydrogens is 520 g/mol. The molecule has 1 atom stereocenters. The van der Waals surface area contributed by atoms with E-state index < -0.39 is 23.7 Å². The summed E-state index contributed by atoms with van der Waals surface area (Å²) < 4.78 is 16.0. The molecule has 3 aromatic rings. The molecule has 9 nitrogen and oxygen atoms in total. The minimum absolute atomic E-state index is 0.0114. The molecule has 0 saturated carbocycles. The molecule has 2 heterocycles. The van der Waals surface area contributed by atoms with E-state index in [0.717, 1.165) is 22.5 Å². The van der Waals surface area contributed by atoms with Crippen LogP contribution in [0, 0.1) is 20.8 Å². The van der Waals surface area contributed by atoms with E-state index in [9.17, 15) is 19.5 Å². The average molecular weight is 549 g/mol. The number of esters is 1. The zero-order chi connectivity index (χ0) is 28.4. The van der Waals surface area contributed by atoms with Gasteiger partial charge in [0.05, 0.1) is 31.5 Å². The highest BCUT2D eigenvalue weighted by molar-refractivity contribution is 7.17. The van der Waals surface area contributed by atoms with Gasteiger partial charge >= 0.3 is 11.9 Å². The van der Waals surface area contributed by atoms with Crippen molar-refractivity contribution in [2.24, 2.45) is 0 Å². The van der Waals surface area contributed by atoms with Crippen molar-refractivity contribution < 1.29 is 33.7 Å². The van der Waals surface area contributed by atoms with Crippen molar-refractivity contribution >= 4 is 39.9 Å². The molecule has 0 radical (unpaired) electrons. The second-order valence-corrected chi connectivity index (χ2v) is 9.88. The molecule has 0 aliphatic carbocycles. The lowest BCUT2D eigenvalue weighted by atomic mass is 9.93. The summed E-state index contributed by atoms with van der Waals surface area (Å²) in [5.41, 5.74) is 2.74. The molecule has 202 valence electrons. The number of rotatable bonds is 8. The van der Waals surface area contributed by atoms with Gasteiger partial charge in [-0.25, -0.2) is 9.78 Å². The van der Waals surface area contributed by atoms with E-state index in [2.05, 4.69) is 11.6 Å². The number of ketones is 1. The molecule has 1 unspecified atom stereocenters. The Kier molecular flexibility index (Phi) is 7.87. The van der Waals surface area contributed by atoms with Crippen LogP contribution in [0.4, 0.5) is 5.13 Å². The highest BCUT2D eigenvalue weighted by Gasteiger charge is 2.48. The van der Waals surface area contributed by atoms with Crippen molar-refractivity contribution in [2.75, 3.05) is 25.7 Å². The van der Waals surface area contributed by atoms with Crippen molar-refractivity contribution in [3.8, 4) is 11.5 Å². The number of aromatic nitrogens is 1. The number of aryl methyl sites for hydroxylation is 3. The maximum Gasteiger partial charge on any atom is 0.350 e. The number of anilines is 1. The lowest BCUT2D eigenvalue weighted by molar-refractivity contribution is -0.132. The lowest BCUT2D eigenvalue weighted by Crippen LogP contribution is -2.29. The van der Waals surface area contributed by atoms with Crippen LogP contribution in [0.1, 0.15) is 43.7 Å². The summed E-state index contributed by atoms with van der Waals surface area (Å²) in [4.78, 5) is 45.5. The molecule has 0 spiro atoms. The number of aliphatic hydroxyl groups excluding tert-OH is 1. The van der Waals surface area contributed by atoms with Crippen molar-refractivity contribution in [1.29, 1.82) is 0 Å². The van der Waals surface area contributed by atoms with Crippen LogP contribution in [0.25, 0.3) is 5.76 Å². The van der Waals surface area contributed by atoms with Gasteiger partial charge in [-0.1, -0.05) is 47.8 Å². The fraction of sp³-hybridized carbons (Fsp3) is 0.241. The van der Waals surface area contributed by atoms with E-state index in [-0.39, 0.29) is 27.9 Å². The maximum absolute atomic E-state index is 13.5. The first kappa shape index (κ1) is 27.6. The topological polar surface area (TPSA) is 115 Å². The van der Waals surface area contributed by atoms with Gasteiger partial charge in [0.15, 0.2) is 16.6 Å². The summed E-state index contributed by atoms with van der Waals surface area (Å²) in [6, 6.07) is 9.38. The molecule has 2 aromatic carbocycles. The molecule has 1 saturated heterocycles. The van der Waals surface area contributed by atoms with Gasteiger partial charge in [-0.2, -0.15) is 0 Å². The Bertz CT molecular complexity index is 1520. The Hall–Kier alpha value is -4.44. The third-order valence-corrected chi connectivity index (χ3v) is 7.46. The third kappa shape index (κ3) is 5.03. The maximum atomic E-state index is 13.5. The van der Waals surface area contributed by atoms with Crippen LogP contribution in [0.3, 0.4) is 0 Å². The third-order valence-electron chi connectivity index (χ3n) is 6.33. The van der Waals surface area contributed by atoms with Gasteiger partial charge in [0.25, 0.3) is 5.78 Å². The monoisotopic (exact) mass is 548 g/mol. The summed E-state index contributed by atoms with van der Waals surface area (Å²) in [5, 5.41) is 11.6. The van der Waals surface area contributed by atoms with E-state index >= 15 is 0 Å². The SMILES string of the molecule is C=CCOC(=O)c1sc(N2C(=O)C(=O)C(=C(O)c3cc(C)ccc3C)C2c2ccc(OC)c(OC)c2)nc1C. The number of ether oxygens (including phenoxy) is 3. The van der Waals surface area contributed by atoms with E-state index in [1.54, 1.807) is 38.1 Å². The van der Waals surface area contributed by atoms with Gasteiger partial charge in [0.1, 0.15) is 17.2 Å². The Morgan fingerprint density at radius 3 is 2.49 bits per heavy atom. The number of benzene rings is 2. The number of carbonyl (C=O) groups excluding carboxylic acids is 3. The van der Waals surface area contributed by atoms with Gasteiger partial charge in [-0.3, -0.25) is 14.5 Å². The first-order chi connectivity index (χ1) is 18.6. The molecule has 1 amide bonds. The normalized spacial score (nSPS) is 16.3. The number of hydrogen-bond donors (Lipinski definition) is 1. The predicted molar refractivity (Wildman–Crippen MR) is 148 cm³/mol. The molecule has 1 N–H and O–H groups in total. The standard InChI is InChI=1S/C29H28N2O7S/c1-7-12-38-28(35)26-17(4)30-29(39-26)31-23(18-10-11-20(36-5)21(14-18)37-6)22(25(33)27(31)34)24(32)19-13-15(2)8-9-16(19)3/h7-11,13-14,23,32H,1,12H2,2-6H3. The molecular formula is C29H28N2O7S. The van der Waals surface area contributed by atoms with Gasteiger partial charge in [-0.05, 0) is 50.1 Å². The van der Waals surface area contributed by atoms with E-state index in [1.807, 2.05) is 19.1 Å². The summed E-state index contributed by atoms with van der Waals surface area (Å²) >= 11 is 0.925. The van der Waals surface area contributed by atoms with Crippen LogP contribution in [0.5, 0.6) is 11.5 Å². The van der Waals surface area contributed by atoms with Crippen molar-refractivity contribution in [3.05, 3.63) is 87.5 Å². The van der Waals surface area contributed by atoms with Crippen LogP contribution in [0.15, 0.2) is 54.6 Å². The number of methoxy groups -OCH3 is 2. The summed E-state index contributed by atoms with van der Waals surface area (Å²) in [5.74, 6) is -1.87. The fourth-order valence-corrected chi connectivity index (χ4v) is 5.37. The zero-order valence-electron chi connectivity index (χ0n) is 22.2. The molecule has 10 heteroatoms. The number of Topliss-reactive ketones (excluding diaryl/α,β-unsaturated/α-hetero) is 1. The van der Waals surface area contributed by atoms with Crippen molar-refractivity contribution in [2.45, 2.75) is 26.8 Å². The quantitative estimate of drug-likeness (QED) is 0.137. The van der Waals surface area contributed by atoms with Crippen LogP contribution < -0.4 is 14.4 Å². The number of aliphatic hydroxyl groups is 1. The molecule has 39 heavy (non-hydrogen) atoms. The van der Waals surface area contributed by atoms with E-state index in [1.165, 1.54) is 25.2 Å². The molecule has 1 fully saturated rings. The van der Waals surface area contributed by atoms with Crippen LogP contribution in [-0.4, -0.2) is 48.6 Å². The number of thiazole rings is 1. The number of amides is 1. The fourth-order valence-electron chi connectivity index (χ4n) is 4.38. The summed E-state index contributed by atoms with van der Waals surface area (Å²) in [6.07, 6.45) is 1.44. The van der Waals surface area contributed by atoms with Gasteiger partial charge in [-0.15, -0.1) is 0 Å². The molecule has 4 rings (SSSR count). The van der Waals surface area contributed by atoms with Gasteiger partial charge in [0.2, 0.25) is 0 Å². The van der Waals surface area contributed by atoms with Crippen LogP contribution in [-0.2, 0) is 14.3 Å². The second-order valence-electron chi connectivity index (χ2n) is 8.90. The highest BCUT2D eigenvalue weighted by Crippen LogP contribution is 2.45. The van der Waals surface area contributed by atoms with Crippen LogP contribution >= 0.6 is 11.3 Å². The first-order valence-electron chi connectivity index (χ1n) is 12.0. The molecule has 1 aliphatic rings. The number of carbonyl (C=O) groups is 3. The van der Waals surface area contributed by atoms with Gasteiger partial charge in [0, 0.05) is 5.56 Å².